The molecule has 0 radical (unpaired) electrons. The smallest absolute Gasteiger partial charge is 0.335 e. The first-order valence-corrected chi connectivity index (χ1v) is 9.39. The Morgan fingerprint density at radius 2 is 1.77 bits per heavy atom. The number of nitrogens with zero attached hydrogens (tertiary/aromatic N) is 1. The van der Waals surface area contributed by atoms with Crippen molar-refractivity contribution in [2.75, 3.05) is 6.54 Å². The number of hydrogen-bond donors (Lipinski definition) is 2. The molecule has 0 aromatic heterocycles. The second kappa shape index (κ2) is 9.19. The summed E-state index contributed by atoms with van der Waals surface area (Å²) in [5.74, 6) is -1.64. The van der Waals surface area contributed by atoms with Gasteiger partial charge in [0.05, 0.1) is 21.1 Å². The number of carbonyl (C=O) groups excluding carboxylic acids is 1. The Labute approximate surface area is 177 Å². The van der Waals surface area contributed by atoms with Crippen LogP contribution in [0.25, 0.3) is 11.1 Å². The largest absolute Gasteiger partial charge is 0.478 e. The van der Waals surface area contributed by atoms with Gasteiger partial charge >= 0.3 is 5.97 Å². The zero-order valence-electron chi connectivity index (χ0n) is 15.7. The summed E-state index contributed by atoms with van der Waals surface area (Å²) in [5.41, 5.74) is 1.70. The summed E-state index contributed by atoms with van der Waals surface area (Å²) in [5, 5.41) is 23.3. The summed E-state index contributed by atoms with van der Waals surface area (Å²) in [6, 6.07) is 18.2. The van der Waals surface area contributed by atoms with Crippen molar-refractivity contribution in [1.29, 1.82) is 0 Å². The molecular formula is C22H17ClN2O5. The number of nitrogens with one attached hydrogen (secondary N) is 1. The van der Waals surface area contributed by atoms with Crippen LogP contribution >= 0.6 is 11.6 Å². The molecule has 0 saturated heterocycles. The van der Waals surface area contributed by atoms with Gasteiger partial charge in [-0.2, -0.15) is 0 Å². The minimum atomic E-state index is -1.25. The fourth-order valence-corrected chi connectivity index (χ4v) is 3.35. The van der Waals surface area contributed by atoms with Gasteiger partial charge in [-0.25, -0.2) is 4.79 Å². The summed E-state index contributed by atoms with van der Waals surface area (Å²) >= 11 is 6.28. The van der Waals surface area contributed by atoms with Crippen molar-refractivity contribution in [3.63, 3.8) is 0 Å². The quantitative estimate of drug-likeness (QED) is 0.426. The zero-order valence-corrected chi connectivity index (χ0v) is 16.4. The van der Waals surface area contributed by atoms with E-state index < -0.39 is 16.8 Å². The van der Waals surface area contributed by atoms with Gasteiger partial charge in [0.25, 0.3) is 11.6 Å². The first-order valence-electron chi connectivity index (χ1n) is 9.01. The average molecular weight is 425 g/mol. The number of carboxylic acid groups (broad SMARTS) is 1. The molecule has 0 fully saturated rings. The third kappa shape index (κ3) is 4.64. The molecule has 0 atom stereocenters. The number of nitro benzene ring substituents is 1. The van der Waals surface area contributed by atoms with Gasteiger partial charge in [-0.3, -0.25) is 14.9 Å². The van der Waals surface area contributed by atoms with Gasteiger partial charge < -0.3 is 10.4 Å². The van der Waals surface area contributed by atoms with Crippen molar-refractivity contribution in [3.05, 3.63) is 98.6 Å². The molecule has 7 nitrogen and oxygen atoms in total. The fourth-order valence-electron chi connectivity index (χ4n) is 3.09. The summed E-state index contributed by atoms with van der Waals surface area (Å²) in [7, 11) is 0. The molecule has 3 aromatic rings. The van der Waals surface area contributed by atoms with Gasteiger partial charge in [0.15, 0.2) is 0 Å². The normalized spacial score (nSPS) is 10.4. The first-order chi connectivity index (χ1) is 14.4. The van der Waals surface area contributed by atoms with Crippen molar-refractivity contribution in [2.24, 2.45) is 0 Å². The second-order valence-electron chi connectivity index (χ2n) is 6.44. The van der Waals surface area contributed by atoms with E-state index >= 15 is 0 Å². The van der Waals surface area contributed by atoms with E-state index in [1.807, 2.05) is 30.3 Å². The van der Waals surface area contributed by atoms with Crippen molar-refractivity contribution in [2.45, 2.75) is 6.42 Å². The van der Waals surface area contributed by atoms with Gasteiger partial charge in [-0.15, -0.1) is 0 Å². The molecule has 2 N–H and O–H groups in total. The Bertz CT molecular complexity index is 1120. The number of benzene rings is 3. The molecule has 0 bridgehead atoms. The third-order valence-electron chi connectivity index (χ3n) is 4.53. The number of aromatic carboxylic acids is 1. The molecule has 30 heavy (non-hydrogen) atoms. The van der Waals surface area contributed by atoms with E-state index in [-0.39, 0.29) is 24.2 Å². The Morgan fingerprint density at radius 3 is 2.43 bits per heavy atom. The van der Waals surface area contributed by atoms with Gasteiger partial charge in [0.1, 0.15) is 0 Å². The van der Waals surface area contributed by atoms with Crippen LogP contribution < -0.4 is 5.32 Å². The number of amides is 1. The van der Waals surface area contributed by atoms with Crippen LogP contribution in [0.2, 0.25) is 5.02 Å². The maximum absolute atomic E-state index is 12.8. The highest BCUT2D eigenvalue weighted by Gasteiger charge is 2.19. The molecule has 0 spiro atoms. The van der Waals surface area contributed by atoms with Crippen molar-refractivity contribution in [3.8, 4) is 11.1 Å². The first kappa shape index (κ1) is 21.0. The van der Waals surface area contributed by atoms with Crippen LogP contribution in [0.4, 0.5) is 5.69 Å². The highest BCUT2D eigenvalue weighted by atomic mass is 35.5. The molecule has 0 saturated carbocycles. The maximum Gasteiger partial charge on any atom is 0.335 e. The standard InChI is InChI=1S/C22H17ClN2O5/c23-18-8-4-7-17(14-5-2-1-3-6-14)20(18)21(26)24-12-11-15-9-10-16(22(27)28)13-19(15)25(29)30/h1-10,13H,11-12H2,(H,24,26)(H,27,28). The maximum atomic E-state index is 12.8. The summed E-state index contributed by atoms with van der Waals surface area (Å²) < 4.78 is 0. The summed E-state index contributed by atoms with van der Waals surface area (Å²) in [6.45, 7) is 0.117. The van der Waals surface area contributed by atoms with Crippen LogP contribution in [0.5, 0.6) is 0 Å². The predicted molar refractivity (Wildman–Crippen MR) is 113 cm³/mol. The van der Waals surface area contributed by atoms with E-state index in [1.54, 1.807) is 18.2 Å². The highest BCUT2D eigenvalue weighted by molar-refractivity contribution is 6.34. The number of hydrogen-bond acceptors (Lipinski definition) is 4. The number of carbonyl (C=O) groups is 2. The lowest BCUT2D eigenvalue weighted by molar-refractivity contribution is -0.385. The second-order valence-corrected chi connectivity index (χ2v) is 6.85. The lowest BCUT2D eigenvalue weighted by atomic mass is 9.99. The third-order valence-corrected chi connectivity index (χ3v) is 4.85. The molecule has 0 aliphatic heterocycles. The van der Waals surface area contributed by atoms with Crippen molar-refractivity contribution in [1.82, 2.24) is 5.32 Å². The van der Waals surface area contributed by atoms with Gasteiger partial charge in [0, 0.05) is 18.2 Å². The average Bonchev–Trinajstić information content (AvgIpc) is 2.74. The van der Waals surface area contributed by atoms with Crippen LogP contribution in [0.3, 0.4) is 0 Å². The molecule has 3 aromatic carbocycles. The van der Waals surface area contributed by atoms with Crippen molar-refractivity contribution >= 4 is 29.2 Å². The van der Waals surface area contributed by atoms with Crippen LogP contribution in [0.15, 0.2) is 66.7 Å². The lowest BCUT2D eigenvalue weighted by Crippen LogP contribution is -2.26. The highest BCUT2D eigenvalue weighted by Crippen LogP contribution is 2.29. The summed E-state index contributed by atoms with van der Waals surface area (Å²) in [4.78, 5) is 34.5. The predicted octanol–water partition coefficient (Wildman–Crippen LogP) is 4.59. The monoisotopic (exact) mass is 424 g/mol. The lowest BCUT2D eigenvalue weighted by Gasteiger charge is -2.12. The van der Waals surface area contributed by atoms with Crippen LogP contribution in [-0.4, -0.2) is 28.5 Å². The summed E-state index contributed by atoms with van der Waals surface area (Å²) in [6.07, 6.45) is 0.160. The minimum absolute atomic E-state index is 0.117. The Hall–Kier alpha value is -3.71. The van der Waals surface area contributed by atoms with Gasteiger partial charge in [-0.1, -0.05) is 60.1 Å². The topological polar surface area (TPSA) is 110 Å². The van der Waals surface area contributed by atoms with E-state index in [2.05, 4.69) is 5.32 Å². The molecule has 0 heterocycles. The number of nitro groups is 1. The molecular weight excluding hydrogens is 408 g/mol. The van der Waals surface area contributed by atoms with Crippen molar-refractivity contribution < 1.29 is 19.6 Å². The molecule has 0 unspecified atom stereocenters. The molecule has 0 aliphatic rings. The van der Waals surface area contributed by atoms with Gasteiger partial charge in [-0.05, 0) is 29.7 Å². The van der Waals surface area contributed by atoms with E-state index in [0.717, 1.165) is 11.6 Å². The SMILES string of the molecule is O=C(O)c1ccc(CCNC(=O)c2c(Cl)cccc2-c2ccccc2)c([N+](=O)[O-])c1. The van der Waals surface area contributed by atoms with E-state index in [1.165, 1.54) is 12.1 Å². The Morgan fingerprint density at radius 1 is 1.03 bits per heavy atom. The van der Waals surface area contributed by atoms with E-state index in [0.29, 0.717) is 21.7 Å². The van der Waals surface area contributed by atoms with Crippen LogP contribution in [0, 0.1) is 10.1 Å². The van der Waals surface area contributed by atoms with Crippen LogP contribution in [0.1, 0.15) is 26.3 Å². The van der Waals surface area contributed by atoms with E-state index in [4.69, 9.17) is 16.7 Å². The molecule has 8 heteroatoms. The number of halogens is 1. The number of rotatable bonds is 7. The fraction of sp³-hybridized carbons (Fsp3) is 0.0909. The number of carboxylic acids is 1. The minimum Gasteiger partial charge on any atom is -0.478 e. The molecule has 3 rings (SSSR count). The van der Waals surface area contributed by atoms with E-state index in [9.17, 15) is 19.7 Å². The Kier molecular flexibility index (Phi) is 6.44. The molecule has 152 valence electrons. The van der Waals surface area contributed by atoms with Gasteiger partial charge in [0.2, 0.25) is 0 Å². The molecule has 1 amide bonds. The Balaban J connectivity index is 1.78. The zero-order chi connectivity index (χ0) is 21.7. The molecule has 0 aliphatic carbocycles. The van der Waals surface area contributed by atoms with Crippen LogP contribution in [-0.2, 0) is 6.42 Å².